The van der Waals surface area contributed by atoms with Crippen molar-refractivity contribution >= 4 is 21.9 Å². The minimum atomic E-state index is -0.817. The van der Waals surface area contributed by atoms with Gasteiger partial charge in [-0.05, 0) is 45.6 Å². The van der Waals surface area contributed by atoms with Gasteiger partial charge in [-0.3, -0.25) is 9.69 Å². The molecule has 104 valence electrons. The summed E-state index contributed by atoms with van der Waals surface area (Å²) in [5.41, 5.74) is 2.01. The Morgan fingerprint density at radius 2 is 2.15 bits per heavy atom. The summed E-state index contributed by atoms with van der Waals surface area (Å²) in [6, 6.07) is 10.8. The molecule has 2 heterocycles. The van der Waals surface area contributed by atoms with Crippen LogP contribution in [-0.2, 0) is 17.8 Å². The van der Waals surface area contributed by atoms with Gasteiger partial charge in [0.15, 0.2) is 4.67 Å². The monoisotopic (exact) mass is 335 g/mol. The maximum Gasteiger partial charge on any atom is 0.325 e. The number of benzene rings is 1. The highest BCUT2D eigenvalue weighted by Crippen LogP contribution is 2.31. The summed E-state index contributed by atoms with van der Waals surface area (Å²) in [7, 11) is 0. The van der Waals surface area contributed by atoms with Crippen LogP contribution in [0.2, 0.25) is 0 Å². The van der Waals surface area contributed by atoms with E-state index >= 15 is 0 Å². The van der Waals surface area contributed by atoms with E-state index in [1.165, 1.54) is 0 Å². The molecule has 1 aromatic carbocycles. The second-order valence-corrected chi connectivity index (χ2v) is 5.65. The van der Waals surface area contributed by atoms with Crippen LogP contribution in [0.5, 0.6) is 0 Å². The van der Waals surface area contributed by atoms with Gasteiger partial charge in [-0.2, -0.15) is 0 Å². The summed E-state index contributed by atoms with van der Waals surface area (Å²) in [5.74, 6) is -0.0507. The third-order valence-electron chi connectivity index (χ3n) is 3.60. The number of halogens is 1. The van der Waals surface area contributed by atoms with E-state index in [-0.39, 0.29) is 0 Å². The number of furan rings is 1. The standard InChI is InChI=1S/C15H14BrNO3/c16-13-6-5-11(20-13)9-17-8-7-10-3-1-2-4-12(10)14(17)15(18)19/h1-6,14H,7-9H2,(H,18,19). The molecule has 0 fully saturated rings. The summed E-state index contributed by atoms with van der Waals surface area (Å²) in [5, 5.41) is 9.56. The van der Waals surface area contributed by atoms with Crippen molar-refractivity contribution in [3.8, 4) is 0 Å². The van der Waals surface area contributed by atoms with Crippen molar-refractivity contribution in [1.29, 1.82) is 0 Å². The fraction of sp³-hybridized carbons (Fsp3) is 0.267. The van der Waals surface area contributed by atoms with Crippen LogP contribution in [-0.4, -0.2) is 22.5 Å². The van der Waals surface area contributed by atoms with Crippen LogP contribution in [0.3, 0.4) is 0 Å². The first kappa shape index (κ1) is 13.4. The summed E-state index contributed by atoms with van der Waals surface area (Å²) >= 11 is 3.27. The molecule has 0 radical (unpaired) electrons. The van der Waals surface area contributed by atoms with Gasteiger partial charge >= 0.3 is 5.97 Å². The van der Waals surface area contributed by atoms with Crippen LogP contribution < -0.4 is 0 Å². The van der Waals surface area contributed by atoms with E-state index in [0.717, 1.165) is 23.3 Å². The number of carboxylic acids is 1. The lowest BCUT2D eigenvalue weighted by Crippen LogP contribution is -2.39. The zero-order valence-electron chi connectivity index (χ0n) is 10.8. The third-order valence-corrected chi connectivity index (χ3v) is 4.03. The van der Waals surface area contributed by atoms with Crippen molar-refractivity contribution in [3.63, 3.8) is 0 Å². The van der Waals surface area contributed by atoms with Crippen molar-refractivity contribution in [2.75, 3.05) is 6.54 Å². The van der Waals surface area contributed by atoms with Gasteiger partial charge < -0.3 is 9.52 Å². The number of fused-ring (bicyclic) bond motifs is 1. The topological polar surface area (TPSA) is 53.7 Å². The van der Waals surface area contributed by atoms with Gasteiger partial charge in [-0.1, -0.05) is 24.3 Å². The Morgan fingerprint density at radius 1 is 1.35 bits per heavy atom. The number of carboxylic acid groups (broad SMARTS) is 1. The van der Waals surface area contributed by atoms with E-state index in [2.05, 4.69) is 15.9 Å². The van der Waals surface area contributed by atoms with Gasteiger partial charge in [-0.25, -0.2) is 0 Å². The fourth-order valence-corrected chi connectivity index (χ4v) is 3.05. The SMILES string of the molecule is O=C(O)C1c2ccccc2CCN1Cc1ccc(Br)o1. The highest BCUT2D eigenvalue weighted by molar-refractivity contribution is 9.10. The molecular formula is C15H14BrNO3. The van der Waals surface area contributed by atoms with Crippen LogP contribution in [0.15, 0.2) is 45.5 Å². The van der Waals surface area contributed by atoms with Crippen LogP contribution in [0.1, 0.15) is 22.9 Å². The molecule has 2 aromatic rings. The predicted octanol–water partition coefficient (Wildman–Crippen LogP) is 3.23. The Bertz CT molecular complexity index is 638. The van der Waals surface area contributed by atoms with Crippen molar-refractivity contribution < 1.29 is 14.3 Å². The maximum absolute atomic E-state index is 11.6. The van der Waals surface area contributed by atoms with Gasteiger partial charge in [0.05, 0.1) is 6.54 Å². The number of carbonyl (C=O) groups is 1. The van der Waals surface area contributed by atoms with Gasteiger partial charge in [0.2, 0.25) is 0 Å². The lowest BCUT2D eigenvalue weighted by atomic mass is 9.92. The number of hydrogen-bond donors (Lipinski definition) is 1. The van der Waals surface area contributed by atoms with Crippen molar-refractivity contribution in [3.05, 3.63) is 58.0 Å². The summed E-state index contributed by atoms with van der Waals surface area (Å²) in [4.78, 5) is 13.6. The molecule has 1 N–H and O–H groups in total. The molecule has 3 rings (SSSR count). The van der Waals surface area contributed by atoms with E-state index in [9.17, 15) is 9.90 Å². The summed E-state index contributed by atoms with van der Waals surface area (Å²) in [6.45, 7) is 1.21. The molecule has 5 heteroatoms. The van der Waals surface area contributed by atoms with E-state index in [0.29, 0.717) is 17.8 Å². The molecule has 1 aromatic heterocycles. The van der Waals surface area contributed by atoms with Gasteiger partial charge in [0, 0.05) is 6.54 Å². The van der Waals surface area contributed by atoms with Crippen molar-refractivity contribution in [1.82, 2.24) is 4.90 Å². The van der Waals surface area contributed by atoms with Crippen LogP contribution in [0, 0.1) is 0 Å². The number of hydrogen-bond acceptors (Lipinski definition) is 3. The minimum absolute atomic E-state index is 0.497. The molecule has 1 aliphatic heterocycles. The molecular weight excluding hydrogens is 322 g/mol. The molecule has 0 aliphatic carbocycles. The second kappa shape index (κ2) is 5.42. The predicted molar refractivity (Wildman–Crippen MR) is 77.3 cm³/mol. The molecule has 1 unspecified atom stereocenters. The largest absolute Gasteiger partial charge is 0.480 e. The molecule has 20 heavy (non-hydrogen) atoms. The average Bonchev–Trinajstić information content (AvgIpc) is 2.83. The Balaban J connectivity index is 1.90. The molecule has 0 spiro atoms. The van der Waals surface area contributed by atoms with E-state index in [4.69, 9.17) is 4.42 Å². The zero-order valence-corrected chi connectivity index (χ0v) is 12.3. The first-order chi connectivity index (χ1) is 9.65. The Labute approximate surface area is 125 Å². The van der Waals surface area contributed by atoms with Crippen LogP contribution in [0.25, 0.3) is 0 Å². The molecule has 1 atom stereocenters. The molecule has 4 nitrogen and oxygen atoms in total. The van der Waals surface area contributed by atoms with Crippen LogP contribution in [0.4, 0.5) is 0 Å². The fourth-order valence-electron chi connectivity index (χ4n) is 2.71. The summed E-state index contributed by atoms with van der Waals surface area (Å²) in [6.07, 6.45) is 0.863. The van der Waals surface area contributed by atoms with Gasteiger partial charge in [0.25, 0.3) is 0 Å². The van der Waals surface area contributed by atoms with Crippen molar-refractivity contribution in [2.45, 2.75) is 19.0 Å². The number of rotatable bonds is 3. The van der Waals surface area contributed by atoms with Gasteiger partial charge in [0.1, 0.15) is 11.8 Å². The molecule has 0 bridgehead atoms. The smallest absolute Gasteiger partial charge is 0.325 e. The highest BCUT2D eigenvalue weighted by Gasteiger charge is 2.33. The Hall–Kier alpha value is -1.59. The third kappa shape index (κ3) is 2.51. The first-order valence-corrected chi connectivity index (χ1v) is 7.23. The molecule has 0 amide bonds. The number of nitrogens with zero attached hydrogens (tertiary/aromatic N) is 1. The average molecular weight is 336 g/mol. The minimum Gasteiger partial charge on any atom is -0.480 e. The van der Waals surface area contributed by atoms with Gasteiger partial charge in [-0.15, -0.1) is 0 Å². The Morgan fingerprint density at radius 3 is 2.85 bits per heavy atom. The first-order valence-electron chi connectivity index (χ1n) is 6.44. The quantitative estimate of drug-likeness (QED) is 0.935. The second-order valence-electron chi connectivity index (χ2n) is 4.87. The van der Waals surface area contributed by atoms with E-state index in [1.54, 1.807) is 0 Å². The molecule has 0 saturated carbocycles. The maximum atomic E-state index is 11.6. The molecule has 0 saturated heterocycles. The molecule has 1 aliphatic rings. The normalized spacial score (nSPS) is 18.8. The summed E-state index contributed by atoms with van der Waals surface area (Å²) < 4.78 is 6.15. The lowest BCUT2D eigenvalue weighted by Gasteiger charge is -2.34. The zero-order chi connectivity index (χ0) is 14.1. The Kier molecular flexibility index (Phi) is 3.63. The van der Waals surface area contributed by atoms with E-state index < -0.39 is 12.0 Å². The lowest BCUT2D eigenvalue weighted by molar-refractivity contribution is -0.144. The van der Waals surface area contributed by atoms with E-state index in [1.807, 2.05) is 41.3 Å². The number of aliphatic carboxylic acids is 1. The highest BCUT2D eigenvalue weighted by atomic mass is 79.9. The van der Waals surface area contributed by atoms with Crippen molar-refractivity contribution in [2.24, 2.45) is 0 Å². The van der Waals surface area contributed by atoms with Crippen LogP contribution >= 0.6 is 15.9 Å².